The summed E-state index contributed by atoms with van der Waals surface area (Å²) in [5.41, 5.74) is 1.19. The number of sulfone groups is 1. The van der Waals surface area contributed by atoms with E-state index in [0.29, 0.717) is 5.69 Å². The standard InChI is InChI=1S/C15H15NO3S/c1-20(18,19)14-10-6-5-9-13(14)16-15(17)11-12-7-3-2-4-8-12/h2-10H,11H2,1H3,(H,16,17). The summed E-state index contributed by atoms with van der Waals surface area (Å²) in [5.74, 6) is -0.243. The molecule has 2 aromatic carbocycles. The Balaban J connectivity index is 2.17. The average Bonchev–Trinajstić information content (AvgIpc) is 2.39. The molecule has 20 heavy (non-hydrogen) atoms. The fourth-order valence-electron chi connectivity index (χ4n) is 1.87. The third kappa shape index (κ3) is 3.68. The number of carbonyl (C=O) groups is 1. The van der Waals surface area contributed by atoms with E-state index in [9.17, 15) is 13.2 Å². The molecule has 0 aliphatic carbocycles. The second-order valence-electron chi connectivity index (χ2n) is 4.48. The van der Waals surface area contributed by atoms with E-state index >= 15 is 0 Å². The van der Waals surface area contributed by atoms with Crippen molar-refractivity contribution in [1.29, 1.82) is 0 Å². The van der Waals surface area contributed by atoms with Crippen LogP contribution in [-0.4, -0.2) is 20.6 Å². The highest BCUT2D eigenvalue weighted by molar-refractivity contribution is 7.90. The maximum Gasteiger partial charge on any atom is 0.228 e. The second kappa shape index (κ2) is 5.88. The molecular formula is C15H15NO3S. The van der Waals surface area contributed by atoms with Crippen LogP contribution >= 0.6 is 0 Å². The smallest absolute Gasteiger partial charge is 0.228 e. The number of rotatable bonds is 4. The van der Waals surface area contributed by atoms with Crippen molar-refractivity contribution in [3.05, 3.63) is 60.2 Å². The molecule has 0 spiro atoms. The van der Waals surface area contributed by atoms with E-state index in [4.69, 9.17) is 0 Å². The van der Waals surface area contributed by atoms with E-state index < -0.39 is 9.84 Å². The molecule has 0 saturated heterocycles. The summed E-state index contributed by atoms with van der Waals surface area (Å²) in [6, 6.07) is 15.7. The molecule has 0 aliphatic heterocycles. The zero-order chi connectivity index (χ0) is 14.6. The van der Waals surface area contributed by atoms with E-state index in [1.165, 1.54) is 6.07 Å². The molecule has 0 fully saturated rings. The van der Waals surface area contributed by atoms with Crippen LogP contribution in [0.3, 0.4) is 0 Å². The number of amides is 1. The Morgan fingerprint density at radius 2 is 1.60 bits per heavy atom. The van der Waals surface area contributed by atoms with Crippen LogP contribution in [0, 0.1) is 0 Å². The van der Waals surface area contributed by atoms with Crippen molar-refractivity contribution >= 4 is 21.4 Å². The number of hydrogen-bond donors (Lipinski definition) is 1. The van der Waals surface area contributed by atoms with Gasteiger partial charge < -0.3 is 5.32 Å². The summed E-state index contributed by atoms with van der Waals surface area (Å²) in [6.07, 6.45) is 1.33. The van der Waals surface area contributed by atoms with E-state index in [1.807, 2.05) is 30.3 Å². The lowest BCUT2D eigenvalue weighted by Gasteiger charge is -2.09. The van der Waals surface area contributed by atoms with Gasteiger partial charge in [0.1, 0.15) is 0 Å². The molecule has 0 heterocycles. The molecule has 5 heteroatoms. The van der Waals surface area contributed by atoms with Crippen molar-refractivity contribution in [2.24, 2.45) is 0 Å². The van der Waals surface area contributed by atoms with Gasteiger partial charge in [0, 0.05) is 6.26 Å². The van der Waals surface area contributed by atoms with Gasteiger partial charge in [0.2, 0.25) is 5.91 Å². The normalized spacial score (nSPS) is 11.1. The van der Waals surface area contributed by atoms with Gasteiger partial charge in [-0.05, 0) is 17.7 Å². The average molecular weight is 289 g/mol. The molecule has 104 valence electrons. The summed E-state index contributed by atoms with van der Waals surface area (Å²) in [6.45, 7) is 0. The minimum absolute atomic E-state index is 0.126. The Bertz CT molecular complexity index is 709. The lowest BCUT2D eigenvalue weighted by molar-refractivity contribution is -0.115. The van der Waals surface area contributed by atoms with Crippen molar-refractivity contribution in [3.8, 4) is 0 Å². The van der Waals surface area contributed by atoms with Crippen LogP contribution in [0.4, 0.5) is 5.69 Å². The van der Waals surface area contributed by atoms with Crippen LogP contribution in [0.15, 0.2) is 59.5 Å². The molecule has 0 saturated carbocycles. The van der Waals surface area contributed by atoms with Crippen molar-refractivity contribution in [1.82, 2.24) is 0 Å². The van der Waals surface area contributed by atoms with Crippen LogP contribution in [0.5, 0.6) is 0 Å². The maximum atomic E-state index is 12.0. The Hall–Kier alpha value is -2.14. The highest BCUT2D eigenvalue weighted by Gasteiger charge is 2.14. The number of anilines is 1. The quantitative estimate of drug-likeness (QED) is 0.939. The highest BCUT2D eigenvalue weighted by atomic mass is 32.2. The molecule has 0 aromatic heterocycles. The first-order chi connectivity index (χ1) is 9.47. The van der Waals surface area contributed by atoms with E-state index in [0.717, 1.165) is 11.8 Å². The van der Waals surface area contributed by atoms with Gasteiger partial charge >= 0.3 is 0 Å². The van der Waals surface area contributed by atoms with Crippen molar-refractivity contribution in [3.63, 3.8) is 0 Å². The van der Waals surface area contributed by atoms with Gasteiger partial charge in [0.05, 0.1) is 17.0 Å². The van der Waals surface area contributed by atoms with Crippen molar-refractivity contribution < 1.29 is 13.2 Å². The van der Waals surface area contributed by atoms with Gasteiger partial charge in [0.15, 0.2) is 9.84 Å². The summed E-state index contributed by atoms with van der Waals surface area (Å²) < 4.78 is 23.3. The van der Waals surface area contributed by atoms with Crippen LogP contribution < -0.4 is 5.32 Å². The first-order valence-electron chi connectivity index (χ1n) is 6.09. The maximum absolute atomic E-state index is 12.0. The molecule has 0 aliphatic rings. The summed E-state index contributed by atoms with van der Waals surface area (Å²) in [4.78, 5) is 12.1. The summed E-state index contributed by atoms with van der Waals surface area (Å²) in [7, 11) is -3.37. The third-order valence-corrected chi connectivity index (χ3v) is 3.92. The van der Waals surface area contributed by atoms with Crippen LogP contribution in [0.2, 0.25) is 0 Å². The first-order valence-corrected chi connectivity index (χ1v) is 7.99. The van der Waals surface area contributed by atoms with E-state index in [1.54, 1.807) is 18.2 Å². The van der Waals surface area contributed by atoms with Crippen molar-refractivity contribution in [2.45, 2.75) is 11.3 Å². The highest BCUT2D eigenvalue weighted by Crippen LogP contribution is 2.20. The van der Waals surface area contributed by atoms with Crippen LogP contribution in [-0.2, 0) is 21.1 Å². The van der Waals surface area contributed by atoms with Gasteiger partial charge in [-0.2, -0.15) is 0 Å². The summed E-state index contributed by atoms with van der Waals surface area (Å²) in [5, 5.41) is 2.65. The molecular weight excluding hydrogens is 274 g/mol. The number of para-hydroxylation sites is 1. The zero-order valence-electron chi connectivity index (χ0n) is 11.0. The van der Waals surface area contributed by atoms with Crippen LogP contribution in [0.25, 0.3) is 0 Å². The van der Waals surface area contributed by atoms with E-state index in [2.05, 4.69) is 5.32 Å². The Kier molecular flexibility index (Phi) is 4.20. The molecule has 0 radical (unpaired) electrons. The molecule has 1 N–H and O–H groups in total. The van der Waals surface area contributed by atoms with Gasteiger partial charge in [-0.3, -0.25) is 4.79 Å². The molecule has 0 bridgehead atoms. The lowest BCUT2D eigenvalue weighted by Crippen LogP contribution is -2.16. The summed E-state index contributed by atoms with van der Waals surface area (Å²) >= 11 is 0. The number of carbonyl (C=O) groups excluding carboxylic acids is 1. The topological polar surface area (TPSA) is 63.2 Å². The zero-order valence-corrected chi connectivity index (χ0v) is 11.9. The van der Waals surface area contributed by atoms with Gasteiger partial charge in [-0.15, -0.1) is 0 Å². The molecule has 0 unspecified atom stereocenters. The van der Waals surface area contributed by atoms with E-state index in [-0.39, 0.29) is 17.2 Å². The third-order valence-electron chi connectivity index (χ3n) is 2.77. The second-order valence-corrected chi connectivity index (χ2v) is 6.46. The Morgan fingerprint density at radius 1 is 1.00 bits per heavy atom. The van der Waals surface area contributed by atoms with Gasteiger partial charge in [-0.25, -0.2) is 8.42 Å². The van der Waals surface area contributed by atoms with Crippen LogP contribution in [0.1, 0.15) is 5.56 Å². The predicted octanol–water partition coefficient (Wildman–Crippen LogP) is 2.27. The lowest BCUT2D eigenvalue weighted by atomic mass is 10.1. The number of nitrogens with one attached hydrogen (secondary N) is 1. The molecule has 4 nitrogen and oxygen atoms in total. The predicted molar refractivity (Wildman–Crippen MR) is 78.3 cm³/mol. The molecule has 2 rings (SSSR count). The van der Waals surface area contributed by atoms with Crippen molar-refractivity contribution in [2.75, 3.05) is 11.6 Å². The first kappa shape index (κ1) is 14.3. The number of hydrogen-bond acceptors (Lipinski definition) is 3. The Labute approximate surface area is 118 Å². The molecule has 1 amide bonds. The minimum atomic E-state index is -3.37. The molecule has 2 aromatic rings. The SMILES string of the molecule is CS(=O)(=O)c1ccccc1NC(=O)Cc1ccccc1. The minimum Gasteiger partial charge on any atom is -0.325 e. The largest absolute Gasteiger partial charge is 0.325 e. The fraction of sp³-hybridized carbons (Fsp3) is 0.133. The monoisotopic (exact) mass is 289 g/mol. The van der Waals surface area contributed by atoms with Gasteiger partial charge in [0.25, 0.3) is 0 Å². The molecule has 0 atom stereocenters. The van der Waals surface area contributed by atoms with Gasteiger partial charge in [-0.1, -0.05) is 42.5 Å². The fourth-order valence-corrected chi connectivity index (χ4v) is 2.71. The number of benzene rings is 2. The Morgan fingerprint density at radius 3 is 2.25 bits per heavy atom.